The minimum Gasteiger partial charge on any atom is -0.487 e. The fourth-order valence-corrected chi connectivity index (χ4v) is 2.05. The average Bonchev–Trinajstić information content (AvgIpc) is 2.28. The van der Waals surface area contributed by atoms with Gasteiger partial charge >= 0.3 is 0 Å². The van der Waals surface area contributed by atoms with E-state index in [1.807, 2.05) is 0 Å². The van der Waals surface area contributed by atoms with Gasteiger partial charge in [-0.25, -0.2) is 4.39 Å². The third kappa shape index (κ3) is 2.51. The van der Waals surface area contributed by atoms with Crippen LogP contribution in [0.15, 0.2) is 18.2 Å². The maximum atomic E-state index is 12.9. The standard InChI is InChI=1S/C11H14FO3P/c12-8-2-4-10-7(5-8)1-3-11(15-10)9(13)6-14-16/h2,4-5,9,11,13H,1,3,6,16H2. The third-order valence-corrected chi connectivity index (χ3v) is 2.89. The van der Waals surface area contributed by atoms with E-state index in [0.717, 1.165) is 5.56 Å². The van der Waals surface area contributed by atoms with Gasteiger partial charge in [-0.15, -0.1) is 0 Å². The summed E-state index contributed by atoms with van der Waals surface area (Å²) < 4.78 is 23.3. The molecule has 0 radical (unpaired) electrons. The van der Waals surface area contributed by atoms with Gasteiger partial charge in [-0.3, -0.25) is 0 Å². The quantitative estimate of drug-likeness (QED) is 0.822. The van der Waals surface area contributed by atoms with Gasteiger partial charge in [0.15, 0.2) is 0 Å². The van der Waals surface area contributed by atoms with Crippen LogP contribution in [0.1, 0.15) is 12.0 Å². The van der Waals surface area contributed by atoms with E-state index < -0.39 is 6.10 Å². The first-order valence-electron chi connectivity index (χ1n) is 5.15. The van der Waals surface area contributed by atoms with Gasteiger partial charge < -0.3 is 14.4 Å². The van der Waals surface area contributed by atoms with Gasteiger partial charge in [0.05, 0.1) is 6.61 Å². The summed E-state index contributed by atoms with van der Waals surface area (Å²) in [6.45, 7) is 0.214. The van der Waals surface area contributed by atoms with Crippen LogP contribution in [0, 0.1) is 5.82 Å². The Hall–Kier alpha value is -0.700. The lowest BCUT2D eigenvalue weighted by atomic mass is 9.99. The Balaban J connectivity index is 2.09. The molecule has 88 valence electrons. The molecule has 0 spiro atoms. The zero-order valence-corrected chi connectivity index (χ0v) is 9.88. The molecule has 0 fully saturated rings. The van der Waals surface area contributed by atoms with Crippen molar-refractivity contribution in [2.75, 3.05) is 6.61 Å². The number of hydrogen-bond acceptors (Lipinski definition) is 3. The van der Waals surface area contributed by atoms with Crippen LogP contribution >= 0.6 is 9.47 Å². The minimum atomic E-state index is -0.657. The summed E-state index contributed by atoms with van der Waals surface area (Å²) in [7, 11) is 2.10. The first-order chi connectivity index (χ1) is 7.70. The predicted molar refractivity (Wildman–Crippen MR) is 60.8 cm³/mol. The van der Waals surface area contributed by atoms with E-state index in [2.05, 4.69) is 9.47 Å². The zero-order valence-electron chi connectivity index (χ0n) is 8.73. The molecule has 0 bridgehead atoms. The molecule has 1 heterocycles. The molecule has 2 rings (SSSR count). The fraction of sp³-hybridized carbons (Fsp3) is 0.455. The molecule has 1 aliphatic rings. The second-order valence-corrected chi connectivity index (χ2v) is 4.18. The lowest BCUT2D eigenvalue weighted by molar-refractivity contribution is 0.000339. The Bertz CT molecular complexity index is 372. The van der Waals surface area contributed by atoms with E-state index in [1.165, 1.54) is 12.1 Å². The maximum Gasteiger partial charge on any atom is 0.127 e. The first kappa shape index (κ1) is 11.8. The molecular formula is C11H14FO3P. The number of ether oxygens (including phenoxy) is 1. The van der Waals surface area contributed by atoms with Crippen molar-refractivity contribution in [3.63, 3.8) is 0 Å². The van der Waals surface area contributed by atoms with E-state index >= 15 is 0 Å². The lowest BCUT2D eigenvalue weighted by Crippen LogP contribution is -2.37. The largest absolute Gasteiger partial charge is 0.487 e. The molecule has 3 nitrogen and oxygen atoms in total. The van der Waals surface area contributed by atoms with Gasteiger partial charge in [-0.05, 0) is 36.6 Å². The van der Waals surface area contributed by atoms with E-state index in [9.17, 15) is 9.50 Å². The maximum absolute atomic E-state index is 12.9. The number of rotatable bonds is 3. The van der Waals surface area contributed by atoms with Crippen molar-refractivity contribution < 1.29 is 18.8 Å². The van der Waals surface area contributed by atoms with Crippen LogP contribution in [-0.4, -0.2) is 23.9 Å². The van der Waals surface area contributed by atoms with Crippen LogP contribution in [0.2, 0.25) is 0 Å². The number of halogens is 1. The Labute approximate surface area is 95.9 Å². The Morgan fingerprint density at radius 2 is 2.44 bits per heavy atom. The van der Waals surface area contributed by atoms with Gasteiger partial charge in [0, 0.05) is 9.47 Å². The van der Waals surface area contributed by atoms with Crippen LogP contribution in [-0.2, 0) is 10.9 Å². The predicted octanol–water partition coefficient (Wildman–Crippen LogP) is 1.69. The first-order valence-corrected chi connectivity index (χ1v) is 5.62. The average molecular weight is 244 g/mol. The molecule has 16 heavy (non-hydrogen) atoms. The normalized spacial score (nSPS) is 21.1. The van der Waals surface area contributed by atoms with Crippen molar-refractivity contribution in [3.8, 4) is 5.75 Å². The molecule has 3 unspecified atom stereocenters. The van der Waals surface area contributed by atoms with Gasteiger partial charge in [0.1, 0.15) is 23.8 Å². The van der Waals surface area contributed by atoms with E-state index in [-0.39, 0.29) is 18.5 Å². The second-order valence-electron chi connectivity index (χ2n) is 3.85. The van der Waals surface area contributed by atoms with Gasteiger partial charge in [-0.1, -0.05) is 0 Å². The number of hydrogen-bond donors (Lipinski definition) is 1. The minimum absolute atomic E-state index is 0.214. The highest BCUT2D eigenvalue weighted by Gasteiger charge is 2.26. The molecule has 1 aromatic carbocycles. The SMILES string of the molecule is OC(COP)C1CCc2cc(F)ccc2O1. The van der Waals surface area contributed by atoms with Crippen molar-refractivity contribution in [3.05, 3.63) is 29.6 Å². The van der Waals surface area contributed by atoms with Gasteiger partial charge in [0.25, 0.3) is 0 Å². The number of fused-ring (bicyclic) bond motifs is 1. The molecule has 1 N–H and O–H groups in total. The summed E-state index contributed by atoms with van der Waals surface area (Å²) in [6.07, 6.45) is 0.450. The van der Waals surface area contributed by atoms with Crippen molar-refractivity contribution in [2.45, 2.75) is 25.0 Å². The highest BCUT2D eigenvalue weighted by molar-refractivity contribution is 7.09. The van der Waals surface area contributed by atoms with Crippen LogP contribution in [0.4, 0.5) is 4.39 Å². The van der Waals surface area contributed by atoms with Crippen molar-refractivity contribution in [1.82, 2.24) is 0 Å². The van der Waals surface area contributed by atoms with E-state index in [1.54, 1.807) is 6.07 Å². The molecular weight excluding hydrogens is 230 g/mol. The number of aliphatic hydroxyl groups is 1. The molecule has 0 aromatic heterocycles. The second kappa shape index (κ2) is 5.09. The Morgan fingerprint density at radius 3 is 3.19 bits per heavy atom. The van der Waals surface area contributed by atoms with Crippen LogP contribution < -0.4 is 4.74 Å². The lowest BCUT2D eigenvalue weighted by Gasteiger charge is -2.29. The van der Waals surface area contributed by atoms with Crippen molar-refractivity contribution in [2.24, 2.45) is 0 Å². The monoisotopic (exact) mass is 244 g/mol. The van der Waals surface area contributed by atoms with Crippen molar-refractivity contribution in [1.29, 1.82) is 0 Å². The molecule has 3 atom stereocenters. The molecule has 0 aliphatic carbocycles. The Morgan fingerprint density at radius 1 is 1.62 bits per heavy atom. The smallest absolute Gasteiger partial charge is 0.127 e. The van der Waals surface area contributed by atoms with Crippen LogP contribution in [0.5, 0.6) is 5.75 Å². The molecule has 5 heteroatoms. The molecule has 1 aromatic rings. The zero-order chi connectivity index (χ0) is 11.5. The fourth-order valence-electron chi connectivity index (χ4n) is 1.85. The number of aryl methyl sites for hydroxylation is 1. The number of benzene rings is 1. The summed E-state index contributed by atoms with van der Waals surface area (Å²) in [5.41, 5.74) is 0.857. The van der Waals surface area contributed by atoms with Gasteiger partial charge in [0.2, 0.25) is 0 Å². The van der Waals surface area contributed by atoms with Gasteiger partial charge in [-0.2, -0.15) is 0 Å². The Kier molecular flexibility index (Phi) is 3.74. The summed E-state index contributed by atoms with van der Waals surface area (Å²) in [5, 5.41) is 9.72. The molecule has 0 saturated carbocycles. The van der Waals surface area contributed by atoms with E-state index in [4.69, 9.17) is 9.26 Å². The topological polar surface area (TPSA) is 38.7 Å². The van der Waals surface area contributed by atoms with E-state index in [0.29, 0.717) is 18.6 Å². The van der Waals surface area contributed by atoms with Crippen LogP contribution in [0.25, 0.3) is 0 Å². The van der Waals surface area contributed by atoms with Crippen LogP contribution in [0.3, 0.4) is 0 Å². The molecule has 0 amide bonds. The third-order valence-electron chi connectivity index (χ3n) is 2.70. The number of aliphatic hydroxyl groups excluding tert-OH is 1. The highest BCUT2D eigenvalue weighted by atomic mass is 31.0. The van der Waals surface area contributed by atoms with Crippen molar-refractivity contribution >= 4 is 9.47 Å². The summed E-state index contributed by atoms with van der Waals surface area (Å²) >= 11 is 0. The molecule has 1 aliphatic heterocycles. The highest BCUT2D eigenvalue weighted by Crippen LogP contribution is 2.29. The summed E-state index contributed by atoms with van der Waals surface area (Å²) in [4.78, 5) is 0. The molecule has 0 saturated heterocycles. The summed E-state index contributed by atoms with van der Waals surface area (Å²) in [6, 6.07) is 4.44. The summed E-state index contributed by atoms with van der Waals surface area (Å²) in [5.74, 6) is 0.398.